The summed E-state index contributed by atoms with van der Waals surface area (Å²) in [6.07, 6.45) is 4.46. The lowest BCUT2D eigenvalue weighted by molar-refractivity contribution is 0.0939. The molecule has 0 aromatic heterocycles. The molecule has 1 aliphatic rings. The summed E-state index contributed by atoms with van der Waals surface area (Å²) in [5.74, 6) is 0.852. The van der Waals surface area contributed by atoms with Gasteiger partial charge in [-0.05, 0) is 48.6 Å². The third-order valence-corrected chi connectivity index (χ3v) is 3.52. The molecular formula is C15H19NO. The molecule has 0 amide bonds. The molecule has 1 aromatic rings. The number of fused-ring (bicyclic) bond motifs is 1. The predicted octanol–water partition coefficient (Wildman–Crippen LogP) is 3.59. The summed E-state index contributed by atoms with van der Waals surface area (Å²) in [5.41, 5.74) is 3.55. The van der Waals surface area contributed by atoms with E-state index in [0.717, 1.165) is 24.8 Å². The molecular weight excluding hydrogens is 210 g/mol. The standard InChI is InChI=1S/C15H19NO/c1-10(2)15(17)13-6-5-12-8-11(4-3-7-16)14(12)9-13/h5-7,9-11,16H,3-4,8H2,1-2H3. The Kier molecular flexibility index (Phi) is 3.41. The minimum absolute atomic E-state index is 0.0631. The molecule has 0 saturated heterocycles. The van der Waals surface area contributed by atoms with Crippen molar-refractivity contribution in [2.75, 3.05) is 0 Å². The van der Waals surface area contributed by atoms with Crippen LogP contribution >= 0.6 is 0 Å². The molecule has 0 saturated carbocycles. The van der Waals surface area contributed by atoms with E-state index in [2.05, 4.69) is 12.1 Å². The molecule has 1 atom stereocenters. The Morgan fingerprint density at radius 2 is 2.29 bits per heavy atom. The quantitative estimate of drug-likeness (QED) is 0.608. The van der Waals surface area contributed by atoms with Gasteiger partial charge in [0.1, 0.15) is 0 Å². The van der Waals surface area contributed by atoms with E-state index in [1.165, 1.54) is 17.3 Å². The maximum atomic E-state index is 11.9. The molecule has 2 nitrogen and oxygen atoms in total. The number of carbonyl (C=O) groups excluding carboxylic acids is 1. The Morgan fingerprint density at radius 1 is 1.53 bits per heavy atom. The van der Waals surface area contributed by atoms with Gasteiger partial charge < -0.3 is 5.41 Å². The second-order valence-corrected chi connectivity index (χ2v) is 5.12. The second-order valence-electron chi connectivity index (χ2n) is 5.12. The van der Waals surface area contributed by atoms with Crippen molar-refractivity contribution < 1.29 is 4.79 Å². The molecule has 0 heterocycles. The molecule has 1 aliphatic carbocycles. The number of carbonyl (C=O) groups is 1. The van der Waals surface area contributed by atoms with Gasteiger partial charge in [0, 0.05) is 11.5 Å². The summed E-state index contributed by atoms with van der Waals surface area (Å²) < 4.78 is 0. The van der Waals surface area contributed by atoms with Crippen molar-refractivity contribution in [3.8, 4) is 0 Å². The van der Waals surface area contributed by atoms with E-state index in [9.17, 15) is 4.79 Å². The molecule has 0 fully saturated rings. The van der Waals surface area contributed by atoms with E-state index < -0.39 is 0 Å². The smallest absolute Gasteiger partial charge is 0.165 e. The highest BCUT2D eigenvalue weighted by atomic mass is 16.1. The van der Waals surface area contributed by atoms with Crippen molar-refractivity contribution in [1.82, 2.24) is 0 Å². The zero-order valence-corrected chi connectivity index (χ0v) is 10.5. The third-order valence-electron chi connectivity index (χ3n) is 3.52. The SMILES string of the molecule is CC(C)C(=O)c1ccc2c(c1)C(CCC=N)C2. The van der Waals surface area contributed by atoms with Crippen molar-refractivity contribution in [1.29, 1.82) is 5.41 Å². The minimum Gasteiger partial charge on any atom is -0.313 e. The lowest BCUT2D eigenvalue weighted by atomic mass is 9.74. The Balaban J connectivity index is 2.16. The van der Waals surface area contributed by atoms with Gasteiger partial charge in [0.05, 0.1) is 0 Å². The van der Waals surface area contributed by atoms with Crippen LogP contribution in [-0.4, -0.2) is 12.0 Å². The fraction of sp³-hybridized carbons (Fsp3) is 0.467. The van der Waals surface area contributed by atoms with Crippen molar-refractivity contribution in [2.45, 2.75) is 39.0 Å². The van der Waals surface area contributed by atoms with E-state index in [4.69, 9.17) is 5.41 Å². The highest BCUT2D eigenvalue weighted by Crippen LogP contribution is 2.38. The largest absolute Gasteiger partial charge is 0.313 e. The van der Waals surface area contributed by atoms with Crippen LogP contribution in [0.1, 0.15) is 54.1 Å². The van der Waals surface area contributed by atoms with Gasteiger partial charge in [-0.2, -0.15) is 0 Å². The Bertz CT molecular complexity index is 448. The maximum absolute atomic E-state index is 11.9. The van der Waals surface area contributed by atoms with Crippen molar-refractivity contribution in [3.63, 3.8) is 0 Å². The minimum atomic E-state index is 0.0631. The van der Waals surface area contributed by atoms with Crippen LogP contribution < -0.4 is 0 Å². The average molecular weight is 229 g/mol. The second kappa shape index (κ2) is 4.82. The summed E-state index contributed by atoms with van der Waals surface area (Å²) in [4.78, 5) is 11.9. The van der Waals surface area contributed by atoms with E-state index in [1.807, 2.05) is 19.9 Å². The predicted molar refractivity (Wildman–Crippen MR) is 70.1 cm³/mol. The first kappa shape index (κ1) is 12.0. The van der Waals surface area contributed by atoms with E-state index in [-0.39, 0.29) is 11.7 Å². The Labute approximate surface area is 103 Å². The molecule has 2 rings (SSSR count). The molecule has 1 unspecified atom stereocenters. The van der Waals surface area contributed by atoms with Gasteiger partial charge in [0.25, 0.3) is 0 Å². The van der Waals surface area contributed by atoms with Gasteiger partial charge in [-0.3, -0.25) is 4.79 Å². The van der Waals surface area contributed by atoms with Crippen LogP contribution in [0.5, 0.6) is 0 Å². The topological polar surface area (TPSA) is 40.9 Å². The third kappa shape index (κ3) is 2.31. The molecule has 0 spiro atoms. The Morgan fingerprint density at radius 3 is 2.94 bits per heavy atom. The lowest BCUT2D eigenvalue weighted by Crippen LogP contribution is -2.19. The first-order chi connectivity index (χ1) is 8.13. The van der Waals surface area contributed by atoms with E-state index >= 15 is 0 Å². The summed E-state index contributed by atoms with van der Waals surface area (Å²) in [5, 5.41) is 7.07. The molecule has 2 heteroatoms. The normalized spacial score (nSPS) is 17.5. The van der Waals surface area contributed by atoms with Crippen molar-refractivity contribution in [3.05, 3.63) is 34.9 Å². The van der Waals surface area contributed by atoms with Gasteiger partial charge in [-0.25, -0.2) is 0 Å². The molecule has 1 N–H and O–H groups in total. The summed E-state index contributed by atoms with van der Waals surface area (Å²) in [6.45, 7) is 3.88. The molecule has 1 aromatic carbocycles. The maximum Gasteiger partial charge on any atom is 0.165 e. The van der Waals surface area contributed by atoms with Crippen LogP contribution in [0.3, 0.4) is 0 Å². The first-order valence-electron chi connectivity index (χ1n) is 6.29. The van der Waals surface area contributed by atoms with Gasteiger partial charge in [-0.1, -0.05) is 26.0 Å². The molecule has 0 bridgehead atoms. The first-order valence-corrected chi connectivity index (χ1v) is 6.29. The van der Waals surface area contributed by atoms with Gasteiger partial charge in [-0.15, -0.1) is 0 Å². The average Bonchev–Trinajstić information content (AvgIpc) is 2.29. The van der Waals surface area contributed by atoms with E-state index in [1.54, 1.807) is 0 Å². The summed E-state index contributed by atoms with van der Waals surface area (Å²) in [7, 11) is 0. The number of hydrogen-bond acceptors (Lipinski definition) is 2. The summed E-state index contributed by atoms with van der Waals surface area (Å²) >= 11 is 0. The molecule has 17 heavy (non-hydrogen) atoms. The van der Waals surface area contributed by atoms with Gasteiger partial charge >= 0.3 is 0 Å². The van der Waals surface area contributed by atoms with Crippen LogP contribution in [0, 0.1) is 11.3 Å². The van der Waals surface area contributed by atoms with Crippen LogP contribution in [0.4, 0.5) is 0 Å². The number of hydrogen-bond donors (Lipinski definition) is 1. The number of Topliss-reactive ketones (excluding diaryl/α,β-unsaturated/α-hetero) is 1. The molecule has 90 valence electrons. The van der Waals surface area contributed by atoms with Gasteiger partial charge in [0.15, 0.2) is 5.78 Å². The molecule has 0 radical (unpaired) electrons. The fourth-order valence-electron chi connectivity index (χ4n) is 2.43. The Hall–Kier alpha value is -1.44. The van der Waals surface area contributed by atoms with Crippen LogP contribution in [0.15, 0.2) is 18.2 Å². The zero-order chi connectivity index (χ0) is 12.4. The lowest BCUT2D eigenvalue weighted by Gasteiger charge is -2.30. The monoisotopic (exact) mass is 229 g/mol. The van der Waals surface area contributed by atoms with E-state index in [0.29, 0.717) is 5.92 Å². The highest BCUT2D eigenvalue weighted by Gasteiger charge is 2.26. The van der Waals surface area contributed by atoms with Crippen LogP contribution in [0.25, 0.3) is 0 Å². The van der Waals surface area contributed by atoms with Crippen LogP contribution in [-0.2, 0) is 6.42 Å². The van der Waals surface area contributed by atoms with Crippen molar-refractivity contribution >= 4 is 12.0 Å². The highest BCUT2D eigenvalue weighted by molar-refractivity contribution is 5.97. The number of ketones is 1. The molecule has 0 aliphatic heterocycles. The summed E-state index contributed by atoms with van der Waals surface area (Å²) in [6, 6.07) is 6.11. The van der Waals surface area contributed by atoms with Crippen molar-refractivity contribution in [2.24, 2.45) is 5.92 Å². The number of benzene rings is 1. The number of nitrogens with one attached hydrogen (secondary N) is 1. The fourth-order valence-corrected chi connectivity index (χ4v) is 2.43. The zero-order valence-electron chi connectivity index (χ0n) is 10.5. The number of rotatable bonds is 5. The van der Waals surface area contributed by atoms with Crippen LogP contribution in [0.2, 0.25) is 0 Å². The van der Waals surface area contributed by atoms with Gasteiger partial charge in [0.2, 0.25) is 0 Å².